The van der Waals surface area contributed by atoms with Crippen molar-refractivity contribution in [2.75, 3.05) is 17.7 Å². The zero-order valence-corrected chi connectivity index (χ0v) is 22.3. The van der Waals surface area contributed by atoms with Gasteiger partial charge in [0.1, 0.15) is 5.69 Å². The van der Waals surface area contributed by atoms with Gasteiger partial charge in [0.25, 0.3) is 5.91 Å². The molecule has 6 rings (SSSR count). The summed E-state index contributed by atoms with van der Waals surface area (Å²) < 4.78 is 1.56. The van der Waals surface area contributed by atoms with Gasteiger partial charge < -0.3 is 10.6 Å². The number of rotatable bonds is 5. The minimum Gasteiger partial charge on any atom is -0.382 e. The lowest BCUT2D eigenvalue weighted by atomic mass is 10.0. The smallest absolute Gasteiger partial charge is 0.257 e. The Morgan fingerprint density at radius 1 is 0.850 bits per heavy atom. The molecule has 2 N–H and O–H groups in total. The average molecular weight is 546 g/mol. The summed E-state index contributed by atoms with van der Waals surface area (Å²) in [7, 11) is 1.72. The van der Waals surface area contributed by atoms with Gasteiger partial charge in [-0.05, 0) is 42.5 Å². The van der Waals surface area contributed by atoms with Gasteiger partial charge >= 0.3 is 0 Å². The van der Waals surface area contributed by atoms with Crippen molar-refractivity contribution in [3.05, 3.63) is 131 Å². The molecule has 4 aromatic carbocycles. The van der Waals surface area contributed by atoms with Crippen LogP contribution in [0.5, 0.6) is 0 Å². The van der Waals surface area contributed by atoms with Crippen molar-refractivity contribution in [2.45, 2.75) is 6.04 Å². The van der Waals surface area contributed by atoms with E-state index in [9.17, 15) is 4.79 Å². The molecule has 0 spiro atoms. The summed E-state index contributed by atoms with van der Waals surface area (Å²) in [6.07, 6.45) is 0. The van der Waals surface area contributed by atoms with Crippen LogP contribution in [0.2, 0.25) is 5.02 Å². The number of nitrogen functional groups attached to an aromatic ring is 1. The lowest BCUT2D eigenvalue weighted by Gasteiger charge is -2.20. The number of aliphatic imine (C=N–C) groups is 1. The van der Waals surface area contributed by atoms with E-state index < -0.39 is 6.04 Å². The number of anilines is 2. The van der Waals surface area contributed by atoms with E-state index in [-0.39, 0.29) is 17.4 Å². The zero-order valence-electron chi connectivity index (χ0n) is 21.5. The van der Waals surface area contributed by atoms with E-state index in [1.807, 2.05) is 103 Å². The molecule has 40 heavy (non-hydrogen) atoms. The molecule has 1 aliphatic rings. The van der Waals surface area contributed by atoms with Gasteiger partial charge in [0.15, 0.2) is 17.5 Å². The summed E-state index contributed by atoms with van der Waals surface area (Å²) in [6.45, 7) is 0. The molecule has 0 radical (unpaired) electrons. The van der Waals surface area contributed by atoms with E-state index in [4.69, 9.17) is 27.4 Å². The van der Waals surface area contributed by atoms with E-state index >= 15 is 0 Å². The highest BCUT2D eigenvalue weighted by Crippen LogP contribution is 2.40. The number of amides is 1. The van der Waals surface area contributed by atoms with Crippen LogP contribution < -0.4 is 10.6 Å². The molecule has 1 amide bonds. The molecule has 1 aromatic heterocycles. The fraction of sp³-hybridized carbons (Fsp3) is 0.0645. The number of carbonyl (C=O) groups excluding carboxylic acids is 1. The second-order valence-electron chi connectivity index (χ2n) is 9.21. The molecule has 1 aliphatic heterocycles. The zero-order chi connectivity index (χ0) is 27.6. The lowest BCUT2D eigenvalue weighted by molar-refractivity contribution is -0.119. The Kier molecular flexibility index (Phi) is 6.67. The van der Waals surface area contributed by atoms with Gasteiger partial charge in [-0.25, -0.2) is 4.68 Å². The van der Waals surface area contributed by atoms with Crippen LogP contribution in [0.1, 0.15) is 22.9 Å². The lowest BCUT2D eigenvalue weighted by Crippen LogP contribution is -2.30. The van der Waals surface area contributed by atoms with Crippen molar-refractivity contribution in [2.24, 2.45) is 15.2 Å². The summed E-state index contributed by atoms with van der Waals surface area (Å²) in [4.78, 5) is 20.7. The predicted octanol–water partition coefficient (Wildman–Crippen LogP) is 7.08. The summed E-state index contributed by atoms with van der Waals surface area (Å²) in [5.41, 5.74) is 11.4. The van der Waals surface area contributed by atoms with E-state index in [1.165, 1.54) is 0 Å². The van der Waals surface area contributed by atoms with Crippen LogP contribution in [0.4, 0.5) is 22.9 Å². The first-order valence-electron chi connectivity index (χ1n) is 12.6. The van der Waals surface area contributed by atoms with Crippen molar-refractivity contribution < 1.29 is 4.79 Å². The normalized spacial score (nSPS) is 15.2. The Morgan fingerprint density at radius 2 is 1.50 bits per heavy atom. The quantitative estimate of drug-likeness (QED) is 0.239. The second-order valence-corrected chi connectivity index (χ2v) is 9.64. The Bertz CT molecular complexity index is 1750. The van der Waals surface area contributed by atoms with Crippen molar-refractivity contribution >= 4 is 46.1 Å². The third kappa shape index (κ3) is 4.65. The highest BCUT2D eigenvalue weighted by Gasteiger charge is 2.36. The molecule has 0 saturated carbocycles. The Balaban J connectivity index is 1.59. The Morgan fingerprint density at radius 3 is 2.20 bits per heavy atom. The van der Waals surface area contributed by atoms with Crippen molar-refractivity contribution in [1.29, 1.82) is 0 Å². The fourth-order valence-electron chi connectivity index (χ4n) is 4.65. The average Bonchev–Trinajstić information content (AvgIpc) is 3.27. The predicted molar refractivity (Wildman–Crippen MR) is 158 cm³/mol. The molecule has 0 bridgehead atoms. The maximum atomic E-state index is 14.1. The van der Waals surface area contributed by atoms with Crippen LogP contribution in [0, 0.1) is 0 Å². The van der Waals surface area contributed by atoms with Gasteiger partial charge in [0, 0.05) is 23.2 Å². The van der Waals surface area contributed by atoms with E-state index in [1.54, 1.807) is 22.7 Å². The van der Waals surface area contributed by atoms with Crippen molar-refractivity contribution in [3.63, 3.8) is 0 Å². The fourth-order valence-corrected chi connectivity index (χ4v) is 4.82. The number of aromatic nitrogens is 2. The Labute approximate surface area is 236 Å². The molecule has 5 aromatic rings. The van der Waals surface area contributed by atoms with Crippen LogP contribution in [0.3, 0.4) is 0 Å². The van der Waals surface area contributed by atoms with Crippen LogP contribution >= 0.6 is 11.6 Å². The maximum absolute atomic E-state index is 14.1. The van der Waals surface area contributed by atoms with Crippen LogP contribution in [0.15, 0.2) is 124 Å². The van der Waals surface area contributed by atoms with E-state index in [0.717, 1.165) is 16.8 Å². The number of halogens is 1. The minimum atomic E-state index is -1.05. The van der Waals surface area contributed by atoms with Crippen molar-refractivity contribution in [1.82, 2.24) is 9.78 Å². The molecule has 0 aliphatic carbocycles. The molecule has 1 atom stereocenters. The molecule has 1 unspecified atom stereocenters. The summed E-state index contributed by atoms with van der Waals surface area (Å²) in [5.74, 6) is -0.0408. The van der Waals surface area contributed by atoms with Crippen LogP contribution in [0.25, 0.3) is 5.69 Å². The molecular weight excluding hydrogens is 522 g/mol. The van der Waals surface area contributed by atoms with E-state index in [2.05, 4.69) is 10.2 Å². The highest BCUT2D eigenvalue weighted by molar-refractivity contribution is 6.32. The summed E-state index contributed by atoms with van der Waals surface area (Å²) in [5, 5.41) is 14.2. The second kappa shape index (κ2) is 10.6. The number of benzene rings is 4. The molecule has 8 nitrogen and oxygen atoms in total. The maximum Gasteiger partial charge on any atom is 0.257 e. The molecule has 0 saturated heterocycles. The van der Waals surface area contributed by atoms with Crippen LogP contribution in [-0.4, -0.2) is 28.4 Å². The van der Waals surface area contributed by atoms with Gasteiger partial charge in [-0.2, -0.15) is 10.2 Å². The SMILES string of the molecule is CN1C(=O)C(c2nn(-c3ccccc3)c(N)c2N=Nc2ccccc2)N=C(c2ccccc2)c2cc(Cl)ccc21. The minimum absolute atomic E-state index is 0.248. The van der Waals surface area contributed by atoms with Gasteiger partial charge in [0.2, 0.25) is 0 Å². The number of para-hydroxylation sites is 1. The number of fused-ring (bicyclic) bond motifs is 1. The number of nitrogens with zero attached hydrogens (tertiary/aromatic N) is 6. The number of likely N-dealkylation sites (N-methyl/N-ethyl adjacent to an activating group) is 1. The summed E-state index contributed by atoms with van der Waals surface area (Å²) >= 11 is 6.42. The monoisotopic (exact) mass is 545 g/mol. The van der Waals surface area contributed by atoms with Crippen molar-refractivity contribution in [3.8, 4) is 5.69 Å². The molecule has 9 heteroatoms. The van der Waals surface area contributed by atoms with Gasteiger partial charge in [-0.3, -0.25) is 9.79 Å². The first-order chi connectivity index (χ1) is 19.5. The number of carbonyl (C=O) groups is 1. The molecule has 2 heterocycles. The van der Waals surface area contributed by atoms with Gasteiger partial charge in [-0.15, -0.1) is 5.11 Å². The first kappa shape index (κ1) is 25.2. The standard InChI is InChI=1S/C31H24ClN7O/c1-38-25-18-17-21(32)19-24(25)26(20-11-5-2-6-12-20)34-29(31(38)40)27-28(36-35-22-13-7-3-8-14-22)30(33)39(37-27)23-15-9-4-10-16-23/h2-19,29H,33H2,1H3. The Hall–Kier alpha value is -5.08. The third-order valence-electron chi connectivity index (χ3n) is 6.65. The van der Waals surface area contributed by atoms with Gasteiger partial charge in [0.05, 0.1) is 22.8 Å². The number of benzodiazepines with no additional fused rings is 1. The highest BCUT2D eigenvalue weighted by atomic mass is 35.5. The summed E-state index contributed by atoms with van der Waals surface area (Å²) in [6, 6.07) is 32.8. The number of azo groups is 1. The molecule has 0 fully saturated rings. The molecular formula is C31H24ClN7O. The van der Waals surface area contributed by atoms with Crippen LogP contribution in [-0.2, 0) is 4.79 Å². The number of nitrogens with two attached hydrogens (primary N) is 1. The largest absolute Gasteiger partial charge is 0.382 e. The van der Waals surface area contributed by atoms with Gasteiger partial charge in [-0.1, -0.05) is 78.3 Å². The first-order valence-corrected chi connectivity index (χ1v) is 13.0. The third-order valence-corrected chi connectivity index (χ3v) is 6.88. The van der Waals surface area contributed by atoms with E-state index in [0.29, 0.717) is 27.8 Å². The number of hydrogen-bond acceptors (Lipinski definition) is 6. The molecule has 196 valence electrons. The topological polar surface area (TPSA) is 101 Å². The number of hydrogen-bond donors (Lipinski definition) is 1.